The Bertz CT molecular complexity index is 746. The van der Waals surface area contributed by atoms with Gasteiger partial charge in [0.1, 0.15) is 5.82 Å². The predicted octanol–water partition coefficient (Wildman–Crippen LogP) is 2.40. The van der Waals surface area contributed by atoms with Gasteiger partial charge in [0, 0.05) is 45.3 Å². The number of rotatable bonds is 10. The zero-order valence-electron chi connectivity index (χ0n) is 16.6. The van der Waals surface area contributed by atoms with E-state index in [1.54, 1.807) is 7.05 Å². The Labute approximate surface area is 166 Å². The first-order valence-electron chi connectivity index (χ1n) is 10.1. The van der Waals surface area contributed by atoms with Crippen LogP contribution in [-0.2, 0) is 9.47 Å². The average Bonchev–Trinajstić information content (AvgIpc) is 3.25. The van der Waals surface area contributed by atoms with Crippen LogP contribution in [0.1, 0.15) is 19.3 Å². The highest BCUT2D eigenvalue weighted by molar-refractivity contribution is 5.80. The lowest BCUT2D eigenvalue weighted by Crippen LogP contribution is -2.40. The van der Waals surface area contributed by atoms with Crippen molar-refractivity contribution in [2.24, 2.45) is 4.99 Å². The summed E-state index contributed by atoms with van der Waals surface area (Å²) in [5.74, 6) is 1.68. The molecule has 0 spiro atoms. The van der Waals surface area contributed by atoms with Gasteiger partial charge in [-0.3, -0.25) is 4.99 Å². The summed E-state index contributed by atoms with van der Waals surface area (Å²) < 4.78 is 11.2. The van der Waals surface area contributed by atoms with Crippen molar-refractivity contribution in [2.45, 2.75) is 25.4 Å². The van der Waals surface area contributed by atoms with E-state index in [1.165, 1.54) is 0 Å². The third kappa shape index (κ3) is 6.65. The number of aliphatic imine (C=N–C) groups is 1. The Morgan fingerprint density at radius 1 is 1.18 bits per heavy atom. The summed E-state index contributed by atoms with van der Waals surface area (Å²) in [6, 6.07) is 12.2. The van der Waals surface area contributed by atoms with Crippen molar-refractivity contribution < 1.29 is 9.47 Å². The van der Waals surface area contributed by atoms with E-state index in [0.29, 0.717) is 12.7 Å². The van der Waals surface area contributed by atoms with Gasteiger partial charge in [0.2, 0.25) is 0 Å². The van der Waals surface area contributed by atoms with Crippen LogP contribution in [0, 0.1) is 0 Å². The van der Waals surface area contributed by atoms with Crippen molar-refractivity contribution in [1.29, 1.82) is 0 Å². The third-order valence-corrected chi connectivity index (χ3v) is 4.63. The number of hydrogen-bond donors (Lipinski definition) is 3. The number of pyridine rings is 1. The largest absolute Gasteiger partial charge is 0.379 e. The van der Waals surface area contributed by atoms with Crippen LogP contribution in [0.15, 0.2) is 41.4 Å². The maximum Gasteiger partial charge on any atom is 0.191 e. The molecule has 7 heteroatoms. The third-order valence-electron chi connectivity index (χ3n) is 4.63. The zero-order valence-corrected chi connectivity index (χ0v) is 16.6. The molecule has 1 unspecified atom stereocenters. The molecule has 1 saturated heterocycles. The van der Waals surface area contributed by atoms with Gasteiger partial charge in [-0.1, -0.05) is 18.2 Å². The second kappa shape index (κ2) is 11.5. The number of nitrogens with zero attached hydrogens (tertiary/aromatic N) is 2. The lowest BCUT2D eigenvalue weighted by molar-refractivity contribution is 0.0168. The summed E-state index contributed by atoms with van der Waals surface area (Å²) >= 11 is 0. The fourth-order valence-corrected chi connectivity index (χ4v) is 3.13. The van der Waals surface area contributed by atoms with E-state index in [2.05, 4.69) is 38.1 Å². The molecule has 1 aromatic heterocycles. The molecule has 3 N–H and O–H groups in total. The second-order valence-corrected chi connectivity index (χ2v) is 6.81. The van der Waals surface area contributed by atoms with E-state index in [9.17, 15) is 0 Å². The second-order valence-electron chi connectivity index (χ2n) is 6.81. The molecule has 0 saturated carbocycles. The molecule has 2 aromatic rings. The van der Waals surface area contributed by atoms with Gasteiger partial charge in [-0.25, -0.2) is 4.98 Å². The first kappa shape index (κ1) is 20.4. The quantitative estimate of drug-likeness (QED) is 0.331. The van der Waals surface area contributed by atoms with E-state index < -0.39 is 0 Å². The molecular formula is C21H31N5O2. The molecule has 28 heavy (non-hydrogen) atoms. The van der Waals surface area contributed by atoms with Crippen LogP contribution in [0.4, 0.5) is 5.82 Å². The fraction of sp³-hybridized carbons (Fsp3) is 0.524. The van der Waals surface area contributed by atoms with E-state index >= 15 is 0 Å². The van der Waals surface area contributed by atoms with Crippen molar-refractivity contribution >= 4 is 22.7 Å². The molecule has 152 valence electrons. The van der Waals surface area contributed by atoms with E-state index in [0.717, 1.165) is 74.8 Å². The maximum atomic E-state index is 5.67. The Morgan fingerprint density at radius 2 is 2.07 bits per heavy atom. The van der Waals surface area contributed by atoms with E-state index in [4.69, 9.17) is 9.47 Å². The Kier molecular flexibility index (Phi) is 8.33. The summed E-state index contributed by atoms with van der Waals surface area (Å²) in [5.41, 5.74) is 1.000. The van der Waals surface area contributed by atoms with Crippen molar-refractivity contribution in [3.8, 4) is 0 Å². The standard InChI is InChI=1S/C21H31N5O2/c1-22-21(24-11-5-14-27-16-18-7-4-15-28-18)25-13-12-23-20-10-9-17-6-2-3-8-19(17)26-20/h2-3,6,8-10,18H,4-5,7,11-16H2,1H3,(H,23,26)(H2,22,24,25). The molecule has 1 atom stereocenters. The normalized spacial score (nSPS) is 17.0. The molecule has 0 bridgehead atoms. The van der Waals surface area contributed by atoms with Gasteiger partial charge in [-0.05, 0) is 37.5 Å². The molecule has 1 fully saturated rings. The highest BCUT2D eigenvalue weighted by Crippen LogP contribution is 2.14. The van der Waals surface area contributed by atoms with Gasteiger partial charge < -0.3 is 25.4 Å². The summed E-state index contributed by atoms with van der Waals surface area (Å²) in [7, 11) is 1.78. The summed E-state index contributed by atoms with van der Waals surface area (Å²) in [5, 5.41) is 11.1. The van der Waals surface area contributed by atoms with Crippen LogP contribution >= 0.6 is 0 Å². The number of anilines is 1. The molecule has 1 aromatic carbocycles. The average molecular weight is 386 g/mol. The van der Waals surface area contributed by atoms with Gasteiger partial charge >= 0.3 is 0 Å². The van der Waals surface area contributed by atoms with Gasteiger partial charge in [-0.2, -0.15) is 0 Å². The summed E-state index contributed by atoms with van der Waals surface area (Å²) in [4.78, 5) is 8.86. The highest BCUT2D eigenvalue weighted by atomic mass is 16.5. The minimum Gasteiger partial charge on any atom is -0.379 e. The molecule has 3 rings (SSSR count). The molecule has 1 aliphatic rings. The molecule has 0 aliphatic carbocycles. The first-order chi connectivity index (χ1) is 13.8. The van der Waals surface area contributed by atoms with Crippen molar-refractivity contribution in [3.05, 3.63) is 36.4 Å². The minimum absolute atomic E-state index is 0.298. The molecule has 0 radical (unpaired) electrons. The van der Waals surface area contributed by atoms with Gasteiger partial charge in [0.15, 0.2) is 5.96 Å². The minimum atomic E-state index is 0.298. The van der Waals surface area contributed by atoms with Crippen LogP contribution in [0.25, 0.3) is 10.9 Å². The van der Waals surface area contributed by atoms with Crippen molar-refractivity contribution in [3.63, 3.8) is 0 Å². The molecule has 1 aliphatic heterocycles. The van der Waals surface area contributed by atoms with Crippen molar-refractivity contribution in [2.75, 3.05) is 51.8 Å². The lowest BCUT2D eigenvalue weighted by Gasteiger charge is -2.13. The van der Waals surface area contributed by atoms with Crippen molar-refractivity contribution in [1.82, 2.24) is 15.6 Å². The molecule has 2 heterocycles. The number of aromatic nitrogens is 1. The SMILES string of the molecule is CN=C(NCCCOCC1CCCO1)NCCNc1ccc2ccccc2n1. The summed E-state index contributed by atoms with van der Waals surface area (Å²) in [6.45, 7) is 4.66. The van der Waals surface area contributed by atoms with Gasteiger partial charge in [-0.15, -0.1) is 0 Å². The Hall–Kier alpha value is -2.38. The number of nitrogens with one attached hydrogen (secondary N) is 3. The number of guanidine groups is 1. The highest BCUT2D eigenvalue weighted by Gasteiger charge is 2.14. The zero-order chi connectivity index (χ0) is 19.4. The molecule has 0 amide bonds. The first-order valence-corrected chi connectivity index (χ1v) is 10.1. The molecule has 7 nitrogen and oxygen atoms in total. The van der Waals surface area contributed by atoms with Gasteiger partial charge in [0.05, 0.1) is 18.2 Å². The predicted molar refractivity (Wildman–Crippen MR) is 114 cm³/mol. The summed E-state index contributed by atoms with van der Waals surface area (Å²) in [6.07, 6.45) is 3.51. The van der Waals surface area contributed by atoms with Crippen LogP contribution in [-0.4, -0.2) is 63.6 Å². The number of hydrogen-bond acceptors (Lipinski definition) is 5. The van der Waals surface area contributed by atoms with Crippen LogP contribution < -0.4 is 16.0 Å². The monoisotopic (exact) mass is 385 g/mol. The Balaban J connectivity index is 1.25. The number of para-hydroxylation sites is 1. The number of fused-ring (bicyclic) bond motifs is 1. The lowest BCUT2D eigenvalue weighted by atomic mass is 10.2. The van der Waals surface area contributed by atoms with Gasteiger partial charge in [0.25, 0.3) is 0 Å². The number of benzene rings is 1. The van der Waals surface area contributed by atoms with E-state index in [1.807, 2.05) is 24.3 Å². The topological polar surface area (TPSA) is 79.8 Å². The fourth-order valence-electron chi connectivity index (χ4n) is 3.13. The Morgan fingerprint density at radius 3 is 2.93 bits per heavy atom. The number of ether oxygens (including phenoxy) is 2. The van der Waals surface area contributed by atoms with Crippen LogP contribution in [0.3, 0.4) is 0 Å². The van der Waals surface area contributed by atoms with E-state index in [-0.39, 0.29) is 0 Å². The smallest absolute Gasteiger partial charge is 0.191 e. The molecular weight excluding hydrogens is 354 g/mol. The maximum absolute atomic E-state index is 5.67. The van der Waals surface area contributed by atoms with Crippen LogP contribution in [0.2, 0.25) is 0 Å². The van der Waals surface area contributed by atoms with Crippen LogP contribution in [0.5, 0.6) is 0 Å².